The van der Waals surface area contributed by atoms with E-state index in [9.17, 15) is 18.0 Å². The van der Waals surface area contributed by atoms with E-state index in [-0.39, 0.29) is 28.6 Å². The van der Waals surface area contributed by atoms with Crippen molar-refractivity contribution in [3.05, 3.63) is 29.6 Å². The lowest BCUT2D eigenvalue weighted by Gasteiger charge is -2.10. The predicted molar refractivity (Wildman–Crippen MR) is 72.4 cm³/mol. The molecule has 2 N–H and O–H groups in total. The van der Waals surface area contributed by atoms with Gasteiger partial charge in [0.1, 0.15) is 0 Å². The first-order chi connectivity index (χ1) is 10.4. The van der Waals surface area contributed by atoms with Crippen molar-refractivity contribution in [3.8, 4) is 0 Å². The molecule has 3 rings (SSSR count). The van der Waals surface area contributed by atoms with E-state index < -0.39 is 12.0 Å². The van der Waals surface area contributed by atoms with Gasteiger partial charge in [0.05, 0.1) is 17.1 Å². The predicted octanol–water partition coefficient (Wildman–Crippen LogP) is 2.49. The number of benzene rings is 1. The van der Waals surface area contributed by atoms with Gasteiger partial charge in [-0.05, 0) is 31.0 Å². The highest BCUT2D eigenvalue weighted by Crippen LogP contribution is 2.28. The molecular weight excluding hydrogens is 299 g/mol. The van der Waals surface area contributed by atoms with Crippen LogP contribution in [0.15, 0.2) is 18.2 Å². The molecule has 1 atom stereocenters. The lowest BCUT2D eigenvalue weighted by atomic mass is 10.2. The highest BCUT2D eigenvalue weighted by atomic mass is 19.4. The number of alkyl halides is 3. The first kappa shape index (κ1) is 14.8. The molecule has 0 saturated carbocycles. The Bertz CT molecular complexity index is 690. The summed E-state index contributed by atoms with van der Waals surface area (Å²) < 4.78 is 43.2. The molecule has 118 valence electrons. The number of aromatic amines is 1. The van der Waals surface area contributed by atoms with Gasteiger partial charge in [0.25, 0.3) is 5.91 Å². The number of imidazole rings is 1. The van der Waals surface area contributed by atoms with Crippen molar-refractivity contribution in [1.82, 2.24) is 15.3 Å². The Hall–Kier alpha value is -2.09. The molecule has 5 nitrogen and oxygen atoms in total. The zero-order valence-corrected chi connectivity index (χ0v) is 11.5. The Morgan fingerprint density at radius 1 is 1.45 bits per heavy atom. The van der Waals surface area contributed by atoms with Crippen molar-refractivity contribution in [2.24, 2.45) is 0 Å². The minimum Gasteiger partial charge on any atom is -0.376 e. The number of carbonyl (C=O) groups is 1. The summed E-state index contributed by atoms with van der Waals surface area (Å²) in [5.74, 6) is -1.42. The van der Waals surface area contributed by atoms with Crippen LogP contribution in [-0.2, 0) is 10.9 Å². The summed E-state index contributed by atoms with van der Waals surface area (Å²) in [4.78, 5) is 17.7. The molecule has 0 spiro atoms. The van der Waals surface area contributed by atoms with Gasteiger partial charge >= 0.3 is 6.18 Å². The van der Waals surface area contributed by atoms with Gasteiger partial charge in [-0.2, -0.15) is 13.2 Å². The largest absolute Gasteiger partial charge is 0.449 e. The van der Waals surface area contributed by atoms with Crippen LogP contribution in [0.4, 0.5) is 13.2 Å². The summed E-state index contributed by atoms with van der Waals surface area (Å²) in [5.41, 5.74) is 0.628. The summed E-state index contributed by atoms with van der Waals surface area (Å²) in [5, 5.41) is 2.72. The zero-order valence-electron chi connectivity index (χ0n) is 11.5. The van der Waals surface area contributed by atoms with Gasteiger partial charge in [0.2, 0.25) is 5.82 Å². The number of ether oxygens (including phenoxy) is 1. The summed E-state index contributed by atoms with van der Waals surface area (Å²) >= 11 is 0. The molecule has 1 aromatic heterocycles. The second-order valence-corrected chi connectivity index (χ2v) is 5.16. The third-order valence-electron chi connectivity index (χ3n) is 3.53. The molecule has 1 saturated heterocycles. The van der Waals surface area contributed by atoms with E-state index in [2.05, 4.69) is 15.3 Å². The number of amides is 1. The second kappa shape index (κ2) is 5.60. The van der Waals surface area contributed by atoms with Crippen LogP contribution in [0.25, 0.3) is 11.0 Å². The number of carbonyl (C=O) groups excluding carboxylic acids is 1. The van der Waals surface area contributed by atoms with E-state index in [0.717, 1.165) is 12.8 Å². The average Bonchev–Trinajstić information content (AvgIpc) is 3.12. The van der Waals surface area contributed by atoms with E-state index >= 15 is 0 Å². The molecule has 0 bridgehead atoms. The van der Waals surface area contributed by atoms with E-state index in [1.54, 1.807) is 0 Å². The van der Waals surface area contributed by atoms with E-state index in [1.165, 1.54) is 18.2 Å². The molecule has 22 heavy (non-hydrogen) atoms. The molecule has 8 heteroatoms. The molecule has 2 aromatic rings. The van der Waals surface area contributed by atoms with Crippen LogP contribution in [0, 0.1) is 0 Å². The minimum atomic E-state index is -4.54. The van der Waals surface area contributed by atoms with Crippen molar-refractivity contribution < 1.29 is 22.7 Å². The van der Waals surface area contributed by atoms with Crippen molar-refractivity contribution in [3.63, 3.8) is 0 Å². The molecule has 1 amide bonds. The molecule has 0 aliphatic carbocycles. The topological polar surface area (TPSA) is 67.0 Å². The fraction of sp³-hybridized carbons (Fsp3) is 0.429. The molecule has 1 unspecified atom stereocenters. The zero-order chi connectivity index (χ0) is 15.7. The highest BCUT2D eigenvalue weighted by molar-refractivity contribution is 5.97. The lowest BCUT2D eigenvalue weighted by molar-refractivity contribution is -0.144. The Kier molecular flexibility index (Phi) is 3.78. The van der Waals surface area contributed by atoms with Gasteiger partial charge in [0.15, 0.2) is 0 Å². The maximum absolute atomic E-state index is 12.6. The van der Waals surface area contributed by atoms with Gasteiger partial charge in [0, 0.05) is 18.7 Å². The Morgan fingerprint density at radius 3 is 2.95 bits per heavy atom. The monoisotopic (exact) mass is 313 g/mol. The summed E-state index contributed by atoms with van der Waals surface area (Å²) in [6.45, 7) is 1.09. The van der Waals surface area contributed by atoms with Gasteiger partial charge in [-0.1, -0.05) is 0 Å². The number of nitrogens with zero attached hydrogens (tertiary/aromatic N) is 1. The number of H-pyrrole nitrogens is 1. The third kappa shape index (κ3) is 3.06. The van der Waals surface area contributed by atoms with E-state index in [1.807, 2.05) is 0 Å². The Balaban J connectivity index is 1.74. The van der Waals surface area contributed by atoms with Crippen LogP contribution < -0.4 is 5.32 Å². The maximum atomic E-state index is 12.6. The Labute approximate surface area is 123 Å². The van der Waals surface area contributed by atoms with Crippen LogP contribution in [0.1, 0.15) is 29.0 Å². The summed E-state index contributed by atoms with van der Waals surface area (Å²) in [6, 6.07) is 4.21. The number of nitrogens with one attached hydrogen (secondary N) is 2. The number of aromatic nitrogens is 2. The van der Waals surface area contributed by atoms with Crippen molar-refractivity contribution in [1.29, 1.82) is 0 Å². The minimum absolute atomic E-state index is 0.0108. The smallest absolute Gasteiger partial charge is 0.376 e. The molecule has 2 heterocycles. The first-order valence-corrected chi connectivity index (χ1v) is 6.90. The van der Waals surface area contributed by atoms with Crippen LogP contribution >= 0.6 is 0 Å². The second-order valence-electron chi connectivity index (χ2n) is 5.16. The average molecular weight is 313 g/mol. The number of hydrogen-bond acceptors (Lipinski definition) is 3. The molecule has 1 aromatic carbocycles. The fourth-order valence-corrected chi connectivity index (χ4v) is 2.40. The number of fused-ring (bicyclic) bond motifs is 1. The van der Waals surface area contributed by atoms with Crippen molar-refractivity contribution in [2.45, 2.75) is 25.1 Å². The quantitative estimate of drug-likeness (QED) is 0.915. The SMILES string of the molecule is O=C(NCC1CCCO1)c1ccc2nc(C(F)(F)F)[nH]c2c1. The summed E-state index contributed by atoms with van der Waals surface area (Å²) in [6.07, 6.45) is -2.66. The summed E-state index contributed by atoms with van der Waals surface area (Å²) in [7, 11) is 0. The lowest BCUT2D eigenvalue weighted by Crippen LogP contribution is -2.31. The van der Waals surface area contributed by atoms with Crippen LogP contribution in [0.3, 0.4) is 0 Å². The van der Waals surface area contributed by atoms with Gasteiger partial charge in [-0.3, -0.25) is 4.79 Å². The molecule has 1 fully saturated rings. The Morgan fingerprint density at radius 2 is 2.27 bits per heavy atom. The first-order valence-electron chi connectivity index (χ1n) is 6.90. The highest BCUT2D eigenvalue weighted by Gasteiger charge is 2.34. The van der Waals surface area contributed by atoms with Gasteiger partial charge < -0.3 is 15.0 Å². The van der Waals surface area contributed by atoms with Crippen LogP contribution in [0.5, 0.6) is 0 Å². The maximum Gasteiger partial charge on any atom is 0.449 e. The van der Waals surface area contributed by atoms with Crippen LogP contribution in [0.2, 0.25) is 0 Å². The van der Waals surface area contributed by atoms with Gasteiger partial charge in [-0.25, -0.2) is 4.98 Å². The third-order valence-corrected chi connectivity index (χ3v) is 3.53. The van der Waals surface area contributed by atoms with Crippen LogP contribution in [-0.4, -0.2) is 35.1 Å². The molecular formula is C14H14F3N3O2. The fourth-order valence-electron chi connectivity index (χ4n) is 2.40. The number of hydrogen-bond donors (Lipinski definition) is 2. The van der Waals surface area contributed by atoms with Crippen molar-refractivity contribution in [2.75, 3.05) is 13.2 Å². The number of halogens is 3. The standard InChI is InChI=1S/C14H14F3N3O2/c15-14(16,17)13-19-10-4-3-8(6-11(10)20-13)12(21)18-7-9-2-1-5-22-9/h3-4,6,9H,1-2,5,7H2,(H,18,21)(H,19,20). The molecule has 1 aliphatic heterocycles. The van der Waals surface area contributed by atoms with E-state index in [0.29, 0.717) is 13.2 Å². The van der Waals surface area contributed by atoms with E-state index in [4.69, 9.17) is 4.74 Å². The molecule has 0 radical (unpaired) electrons. The van der Waals surface area contributed by atoms with Gasteiger partial charge in [-0.15, -0.1) is 0 Å². The normalized spacial score (nSPS) is 18.8. The van der Waals surface area contributed by atoms with Crippen molar-refractivity contribution >= 4 is 16.9 Å². The molecule has 1 aliphatic rings. The number of rotatable bonds is 3.